The number of nitrogens with zero attached hydrogens (tertiary/aromatic N) is 3. The molecule has 3 heterocycles. The first-order valence-electron chi connectivity index (χ1n) is 11.3. The van der Waals surface area contributed by atoms with Crippen LogP contribution in [-0.2, 0) is 4.79 Å². The van der Waals surface area contributed by atoms with E-state index in [1.807, 2.05) is 0 Å². The van der Waals surface area contributed by atoms with Crippen LogP contribution in [0.25, 0.3) is 10.9 Å². The third kappa shape index (κ3) is 4.80. The Morgan fingerprint density at radius 3 is 2.91 bits per heavy atom. The maximum atomic E-state index is 14.6. The molecule has 184 valence electrons. The quantitative estimate of drug-likeness (QED) is 0.461. The fraction of sp³-hybridized carbons (Fsp3) is 0.375. The normalized spacial score (nSPS) is 20.3. The van der Waals surface area contributed by atoms with Crippen molar-refractivity contribution < 1.29 is 18.7 Å². The molecule has 11 heteroatoms. The number of piperidine rings is 1. The van der Waals surface area contributed by atoms with Crippen molar-refractivity contribution in [1.29, 1.82) is 0 Å². The van der Waals surface area contributed by atoms with Gasteiger partial charge in [-0.3, -0.25) is 9.69 Å². The number of anilines is 2. The molecule has 2 aliphatic rings. The number of carbonyl (C=O) groups excluding carboxylic acids is 1. The summed E-state index contributed by atoms with van der Waals surface area (Å²) >= 11 is 11.8. The molecular formula is C24H24Cl2FN5O3. The van der Waals surface area contributed by atoms with Crippen LogP contribution in [0.1, 0.15) is 19.3 Å². The van der Waals surface area contributed by atoms with Gasteiger partial charge in [0.05, 0.1) is 40.4 Å². The number of ether oxygens (including phenoxy) is 2. The minimum absolute atomic E-state index is 0.0295. The van der Waals surface area contributed by atoms with Crippen molar-refractivity contribution >= 4 is 51.5 Å². The van der Waals surface area contributed by atoms with Gasteiger partial charge >= 0.3 is 0 Å². The Balaban J connectivity index is 1.37. The van der Waals surface area contributed by atoms with E-state index in [1.165, 1.54) is 25.6 Å². The fourth-order valence-corrected chi connectivity index (χ4v) is 4.91. The Bertz CT molecular complexity index is 1280. The predicted octanol–water partition coefficient (Wildman–Crippen LogP) is 4.56. The number of halogens is 3. The van der Waals surface area contributed by atoms with Gasteiger partial charge in [-0.1, -0.05) is 29.6 Å². The first-order valence-corrected chi connectivity index (χ1v) is 12.1. The van der Waals surface area contributed by atoms with Crippen LogP contribution in [0, 0.1) is 5.82 Å². The highest BCUT2D eigenvalue weighted by molar-refractivity contribution is 6.42. The van der Waals surface area contributed by atoms with Gasteiger partial charge in [-0.25, -0.2) is 14.4 Å². The molecule has 2 aliphatic heterocycles. The Kier molecular flexibility index (Phi) is 6.82. The molecule has 8 nitrogen and oxygen atoms in total. The van der Waals surface area contributed by atoms with Crippen LogP contribution in [0.4, 0.5) is 15.9 Å². The Labute approximate surface area is 211 Å². The highest BCUT2D eigenvalue weighted by atomic mass is 35.5. The number of fused-ring (bicyclic) bond motifs is 2. The van der Waals surface area contributed by atoms with Gasteiger partial charge in [0.2, 0.25) is 5.91 Å². The van der Waals surface area contributed by atoms with Gasteiger partial charge in [-0.2, -0.15) is 0 Å². The van der Waals surface area contributed by atoms with Crippen molar-refractivity contribution in [2.75, 3.05) is 32.1 Å². The van der Waals surface area contributed by atoms with Gasteiger partial charge in [0.1, 0.15) is 18.8 Å². The van der Waals surface area contributed by atoms with E-state index < -0.39 is 5.82 Å². The van der Waals surface area contributed by atoms with Crippen LogP contribution >= 0.6 is 23.2 Å². The largest absolute Gasteiger partial charge is 0.493 e. The predicted molar refractivity (Wildman–Crippen MR) is 132 cm³/mol. The second-order valence-corrected chi connectivity index (χ2v) is 9.40. The number of hydrogen-bond acceptors (Lipinski definition) is 7. The maximum Gasteiger partial charge on any atom is 0.237 e. The van der Waals surface area contributed by atoms with Gasteiger partial charge in [0.25, 0.3) is 0 Å². The summed E-state index contributed by atoms with van der Waals surface area (Å²) in [4.78, 5) is 23.3. The van der Waals surface area contributed by atoms with Crippen molar-refractivity contribution in [3.8, 4) is 11.5 Å². The second kappa shape index (κ2) is 10.0. The smallest absolute Gasteiger partial charge is 0.237 e. The summed E-state index contributed by atoms with van der Waals surface area (Å²) in [5, 5.41) is 6.57. The summed E-state index contributed by atoms with van der Waals surface area (Å²) in [5.74, 6) is 0.701. The molecule has 2 aromatic carbocycles. The minimum atomic E-state index is -0.677. The van der Waals surface area contributed by atoms with E-state index in [4.69, 9.17) is 32.7 Å². The molecule has 1 unspecified atom stereocenters. The zero-order chi connectivity index (χ0) is 24.5. The lowest BCUT2D eigenvalue weighted by molar-refractivity contribution is -0.132. The molecule has 2 saturated heterocycles. The van der Waals surface area contributed by atoms with E-state index in [1.54, 1.807) is 12.1 Å². The maximum absolute atomic E-state index is 14.6. The van der Waals surface area contributed by atoms with Crippen molar-refractivity contribution in [2.45, 2.75) is 31.3 Å². The number of methoxy groups -OCH3 is 1. The lowest BCUT2D eigenvalue weighted by atomic mass is 9.98. The summed E-state index contributed by atoms with van der Waals surface area (Å²) < 4.78 is 26.2. The Morgan fingerprint density at radius 1 is 1.23 bits per heavy atom. The first kappa shape index (κ1) is 23.8. The molecule has 0 saturated carbocycles. The molecule has 0 radical (unpaired) electrons. The number of rotatable bonds is 6. The van der Waals surface area contributed by atoms with Gasteiger partial charge in [-0.15, -0.1) is 0 Å². The van der Waals surface area contributed by atoms with Crippen molar-refractivity contribution in [2.24, 2.45) is 0 Å². The second-order valence-electron chi connectivity index (χ2n) is 8.61. The average molecular weight is 520 g/mol. The molecular weight excluding hydrogens is 496 g/mol. The summed E-state index contributed by atoms with van der Waals surface area (Å²) in [6, 6.07) is 6.29. The third-order valence-electron chi connectivity index (χ3n) is 6.37. The zero-order valence-corrected chi connectivity index (χ0v) is 20.5. The van der Waals surface area contributed by atoms with E-state index >= 15 is 0 Å². The summed E-state index contributed by atoms with van der Waals surface area (Å²) in [7, 11) is 1.53. The molecule has 3 aromatic rings. The van der Waals surface area contributed by atoms with Gasteiger partial charge in [0.15, 0.2) is 17.3 Å². The molecule has 1 aromatic heterocycles. The third-order valence-corrected chi connectivity index (χ3v) is 7.15. The molecule has 1 amide bonds. The van der Waals surface area contributed by atoms with Crippen LogP contribution < -0.4 is 20.1 Å². The number of aromatic nitrogens is 2. The Morgan fingerprint density at radius 2 is 2.09 bits per heavy atom. The first-order chi connectivity index (χ1) is 16.9. The highest BCUT2D eigenvalue weighted by Crippen LogP contribution is 2.36. The molecule has 35 heavy (non-hydrogen) atoms. The van der Waals surface area contributed by atoms with Crippen molar-refractivity contribution in [3.63, 3.8) is 0 Å². The SMILES string of the molecule is COc1cc2c(Nc3ccc(Cl)c(Cl)c3F)ncnc2cc1OC[C@@H]1CN2CCCCC2C(=O)N1. The van der Waals surface area contributed by atoms with E-state index in [9.17, 15) is 9.18 Å². The van der Waals surface area contributed by atoms with Crippen molar-refractivity contribution in [3.05, 3.63) is 46.5 Å². The number of carbonyl (C=O) groups is 1. The van der Waals surface area contributed by atoms with E-state index in [-0.39, 0.29) is 33.7 Å². The number of amides is 1. The molecule has 0 aliphatic carbocycles. The molecule has 0 spiro atoms. The van der Waals surface area contributed by atoms with Crippen LogP contribution in [0.3, 0.4) is 0 Å². The average Bonchev–Trinajstić information content (AvgIpc) is 2.87. The summed E-state index contributed by atoms with van der Waals surface area (Å²) in [5.41, 5.74) is 0.699. The fourth-order valence-electron chi connectivity index (χ4n) is 4.60. The van der Waals surface area contributed by atoms with Crippen LogP contribution in [0.15, 0.2) is 30.6 Å². The van der Waals surface area contributed by atoms with Crippen LogP contribution in [0.2, 0.25) is 10.0 Å². The highest BCUT2D eigenvalue weighted by Gasteiger charge is 2.36. The van der Waals surface area contributed by atoms with Crippen LogP contribution in [-0.4, -0.2) is 59.7 Å². The van der Waals surface area contributed by atoms with E-state index in [0.717, 1.165) is 32.4 Å². The number of nitrogens with one attached hydrogen (secondary N) is 2. The summed E-state index contributed by atoms with van der Waals surface area (Å²) in [6.45, 7) is 1.97. The lowest BCUT2D eigenvalue weighted by Crippen LogP contribution is -2.62. The van der Waals surface area contributed by atoms with Gasteiger partial charge in [-0.05, 0) is 37.6 Å². The van der Waals surface area contributed by atoms with Gasteiger partial charge in [0, 0.05) is 18.0 Å². The standard InChI is InChI=1S/C24H24Cl2FN5O3/c1-34-19-8-14-17(28-12-29-23(14)31-16-6-5-15(25)21(26)22(16)27)9-20(19)35-11-13-10-32-7-3-2-4-18(32)24(33)30-13/h5-6,8-9,12-13,18H,2-4,7,10-11H2,1H3,(H,30,33)(H,28,29,31)/t13-,18?/m0/s1. The number of piperazine rings is 1. The monoisotopic (exact) mass is 519 g/mol. The van der Waals surface area contributed by atoms with Crippen molar-refractivity contribution in [1.82, 2.24) is 20.2 Å². The molecule has 0 bridgehead atoms. The van der Waals surface area contributed by atoms with Gasteiger partial charge < -0.3 is 20.1 Å². The minimum Gasteiger partial charge on any atom is -0.493 e. The topological polar surface area (TPSA) is 88.6 Å². The summed E-state index contributed by atoms with van der Waals surface area (Å²) in [6.07, 6.45) is 4.47. The molecule has 2 N–H and O–H groups in total. The molecule has 2 fully saturated rings. The Hall–Kier alpha value is -2.88. The van der Waals surface area contributed by atoms with E-state index in [0.29, 0.717) is 34.8 Å². The van der Waals surface area contributed by atoms with E-state index in [2.05, 4.69) is 25.5 Å². The molecule has 2 atom stereocenters. The lowest BCUT2D eigenvalue weighted by Gasteiger charge is -2.41. The number of hydrogen-bond donors (Lipinski definition) is 2. The zero-order valence-electron chi connectivity index (χ0n) is 19.0. The number of benzene rings is 2. The molecule has 5 rings (SSSR count). The van der Waals surface area contributed by atoms with Crippen LogP contribution in [0.5, 0.6) is 11.5 Å².